The molecule has 3 aromatic heterocycles. The van der Waals surface area contributed by atoms with Gasteiger partial charge in [-0.1, -0.05) is 13.0 Å². The molecule has 130 valence electrons. The monoisotopic (exact) mass is 381 g/mol. The maximum absolute atomic E-state index is 12.9. The van der Waals surface area contributed by atoms with Crippen LogP contribution in [0.15, 0.2) is 23.2 Å². The highest BCUT2D eigenvalue weighted by Crippen LogP contribution is 2.45. The number of hydrogen-bond acceptors (Lipinski definition) is 4. The number of aromatic nitrogens is 3. The number of imidazole rings is 1. The first-order valence-corrected chi connectivity index (χ1v) is 9.55. The molecule has 3 aromatic rings. The lowest BCUT2D eigenvalue weighted by Crippen LogP contribution is -2.07. The Morgan fingerprint density at radius 1 is 1.36 bits per heavy atom. The van der Waals surface area contributed by atoms with Gasteiger partial charge in [0.1, 0.15) is 5.69 Å². The van der Waals surface area contributed by atoms with Crippen molar-refractivity contribution >= 4 is 40.2 Å². The Hall–Kier alpha value is -1.80. The third kappa shape index (κ3) is 2.67. The van der Waals surface area contributed by atoms with Crippen LogP contribution in [0.3, 0.4) is 0 Å². The standard InChI is InChI=1S/C17H14F3N3S2/c1-3-24-14-9-5-4-6-12(9)25-15(14)16-22-10-7-13(17(18,19)20)21-8-11(10)23(16)2/h4,6-8H,3,5H2,1-2H3. The van der Waals surface area contributed by atoms with Crippen LogP contribution in [-0.2, 0) is 19.6 Å². The molecule has 0 unspecified atom stereocenters. The predicted molar refractivity (Wildman–Crippen MR) is 96.0 cm³/mol. The minimum Gasteiger partial charge on any atom is -0.325 e. The maximum atomic E-state index is 12.9. The van der Waals surface area contributed by atoms with E-state index in [0.29, 0.717) is 16.9 Å². The average molecular weight is 381 g/mol. The normalized spacial score (nSPS) is 13.8. The molecule has 0 aromatic carbocycles. The van der Waals surface area contributed by atoms with E-state index in [1.165, 1.54) is 21.5 Å². The van der Waals surface area contributed by atoms with Gasteiger partial charge < -0.3 is 4.57 Å². The molecule has 3 nitrogen and oxygen atoms in total. The first-order valence-electron chi connectivity index (χ1n) is 7.75. The van der Waals surface area contributed by atoms with E-state index in [2.05, 4.69) is 29.0 Å². The van der Waals surface area contributed by atoms with Crippen molar-refractivity contribution in [3.63, 3.8) is 0 Å². The van der Waals surface area contributed by atoms with E-state index in [-0.39, 0.29) is 0 Å². The zero-order valence-electron chi connectivity index (χ0n) is 13.5. The number of alkyl halides is 3. The van der Waals surface area contributed by atoms with Crippen molar-refractivity contribution in [3.8, 4) is 10.7 Å². The number of allylic oxidation sites excluding steroid dienone is 1. The van der Waals surface area contributed by atoms with Crippen molar-refractivity contribution in [2.75, 3.05) is 5.75 Å². The Morgan fingerprint density at radius 3 is 2.88 bits per heavy atom. The number of nitrogens with zero attached hydrogens (tertiary/aromatic N) is 3. The first-order chi connectivity index (χ1) is 11.9. The number of hydrogen-bond donors (Lipinski definition) is 0. The van der Waals surface area contributed by atoms with Gasteiger partial charge in [-0.15, -0.1) is 23.1 Å². The van der Waals surface area contributed by atoms with Gasteiger partial charge in [0.25, 0.3) is 0 Å². The van der Waals surface area contributed by atoms with Crippen molar-refractivity contribution in [3.05, 3.63) is 34.5 Å². The predicted octanol–water partition coefficient (Wildman–Crippen LogP) is 5.40. The molecule has 0 aliphatic heterocycles. The highest BCUT2D eigenvalue weighted by molar-refractivity contribution is 7.99. The highest BCUT2D eigenvalue weighted by Gasteiger charge is 2.33. The molecule has 0 saturated heterocycles. The molecule has 0 fully saturated rings. The van der Waals surface area contributed by atoms with Crippen LogP contribution in [0.25, 0.3) is 27.8 Å². The molecule has 4 rings (SSSR count). The summed E-state index contributed by atoms with van der Waals surface area (Å²) in [7, 11) is 1.82. The third-order valence-electron chi connectivity index (χ3n) is 4.13. The van der Waals surface area contributed by atoms with Crippen LogP contribution in [0.4, 0.5) is 13.2 Å². The van der Waals surface area contributed by atoms with Gasteiger partial charge in [-0.05, 0) is 29.9 Å². The molecule has 25 heavy (non-hydrogen) atoms. The fourth-order valence-electron chi connectivity index (χ4n) is 2.97. The lowest BCUT2D eigenvalue weighted by atomic mass is 10.2. The molecular formula is C17H14F3N3S2. The van der Waals surface area contributed by atoms with E-state index in [0.717, 1.165) is 23.1 Å². The Bertz CT molecular complexity index is 999. The van der Waals surface area contributed by atoms with E-state index in [1.807, 2.05) is 11.6 Å². The van der Waals surface area contributed by atoms with Gasteiger partial charge in [0.15, 0.2) is 5.82 Å². The van der Waals surface area contributed by atoms with E-state index in [9.17, 15) is 13.2 Å². The summed E-state index contributed by atoms with van der Waals surface area (Å²) in [5.41, 5.74) is 1.30. The van der Waals surface area contributed by atoms with E-state index in [4.69, 9.17) is 0 Å². The summed E-state index contributed by atoms with van der Waals surface area (Å²) < 4.78 is 40.6. The molecule has 1 aliphatic carbocycles. The summed E-state index contributed by atoms with van der Waals surface area (Å²) in [5.74, 6) is 1.62. The molecule has 0 saturated carbocycles. The molecule has 0 bridgehead atoms. The average Bonchev–Trinajstić information content (AvgIpc) is 3.21. The molecule has 0 spiro atoms. The Balaban J connectivity index is 1.90. The number of pyridine rings is 1. The van der Waals surface area contributed by atoms with E-state index < -0.39 is 11.9 Å². The summed E-state index contributed by atoms with van der Waals surface area (Å²) in [4.78, 5) is 11.5. The molecular weight excluding hydrogens is 367 g/mol. The van der Waals surface area contributed by atoms with Crippen LogP contribution in [0.1, 0.15) is 23.1 Å². The van der Waals surface area contributed by atoms with E-state index >= 15 is 0 Å². The van der Waals surface area contributed by atoms with Crippen LogP contribution in [0, 0.1) is 0 Å². The molecule has 3 heterocycles. The molecule has 0 atom stereocenters. The van der Waals surface area contributed by atoms with Crippen LogP contribution < -0.4 is 0 Å². The van der Waals surface area contributed by atoms with Crippen LogP contribution >= 0.6 is 23.1 Å². The van der Waals surface area contributed by atoms with Crippen LogP contribution in [0.2, 0.25) is 0 Å². The fourth-order valence-corrected chi connectivity index (χ4v) is 5.40. The van der Waals surface area contributed by atoms with Crippen LogP contribution in [-0.4, -0.2) is 20.3 Å². The Morgan fingerprint density at radius 2 is 2.16 bits per heavy atom. The highest BCUT2D eigenvalue weighted by atomic mass is 32.2. The Kier molecular flexibility index (Phi) is 3.92. The zero-order valence-corrected chi connectivity index (χ0v) is 15.1. The second-order valence-corrected chi connectivity index (χ2v) is 8.02. The van der Waals surface area contributed by atoms with Crippen molar-refractivity contribution in [2.24, 2.45) is 7.05 Å². The summed E-state index contributed by atoms with van der Waals surface area (Å²) in [5, 5.41) is 0. The SMILES string of the molecule is CCSc1c(-c2nc3cc(C(F)(F)F)ncc3n2C)sc2c1CC=C2. The largest absolute Gasteiger partial charge is 0.433 e. The molecule has 8 heteroatoms. The zero-order chi connectivity index (χ0) is 17.8. The fraction of sp³-hybridized carbons (Fsp3) is 0.294. The number of halogens is 3. The van der Waals surface area contributed by atoms with Crippen molar-refractivity contribution < 1.29 is 13.2 Å². The summed E-state index contributed by atoms with van der Waals surface area (Å²) in [6, 6.07) is 1.02. The second-order valence-electron chi connectivity index (χ2n) is 5.69. The van der Waals surface area contributed by atoms with E-state index in [1.54, 1.807) is 23.1 Å². The van der Waals surface area contributed by atoms with Crippen molar-refractivity contribution in [1.82, 2.24) is 14.5 Å². The quantitative estimate of drug-likeness (QED) is 0.570. The number of thioether (sulfide) groups is 1. The van der Waals surface area contributed by atoms with Gasteiger partial charge in [-0.2, -0.15) is 13.2 Å². The topological polar surface area (TPSA) is 30.7 Å². The lowest BCUT2D eigenvalue weighted by Gasteiger charge is -2.06. The maximum Gasteiger partial charge on any atom is 0.433 e. The number of fused-ring (bicyclic) bond motifs is 2. The molecule has 0 radical (unpaired) electrons. The van der Waals surface area contributed by atoms with Gasteiger partial charge in [0.05, 0.1) is 22.1 Å². The van der Waals surface area contributed by atoms with Crippen molar-refractivity contribution in [1.29, 1.82) is 0 Å². The first kappa shape index (κ1) is 16.7. The van der Waals surface area contributed by atoms with Gasteiger partial charge in [0.2, 0.25) is 0 Å². The second kappa shape index (κ2) is 5.88. The van der Waals surface area contributed by atoms with Crippen molar-refractivity contribution in [2.45, 2.75) is 24.4 Å². The van der Waals surface area contributed by atoms with Crippen LogP contribution in [0.5, 0.6) is 0 Å². The van der Waals surface area contributed by atoms with Gasteiger partial charge in [-0.25, -0.2) is 9.97 Å². The van der Waals surface area contributed by atoms with Gasteiger partial charge in [-0.3, -0.25) is 0 Å². The van der Waals surface area contributed by atoms with Gasteiger partial charge in [0, 0.05) is 16.8 Å². The molecule has 1 aliphatic rings. The smallest absolute Gasteiger partial charge is 0.325 e. The summed E-state index contributed by atoms with van der Waals surface area (Å²) in [6.45, 7) is 2.09. The number of rotatable bonds is 3. The molecule has 0 amide bonds. The minimum atomic E-state index is -4.47. The number of thiophene rings is 1. The molecule has 0 N–H and O–H groups in total. The third-order valence-corrected chi connectivity index (χ3v) is 6.48. The minimum absolute atomic E-state index is 0.316. The summed E-state index contributed by atoms with van der Waals surface area (Å²) in [6.07, 6.45) is 1.93. The number of aryl methyl sites for hydroxylation is 1. The van der Waals surface area contributed by atoms with Gasteiger partial charge >= 0.3 is 6.18 Å². The summed E-state index contributed by atoms with van der Waals surface area (Å²) >= 11 is 3.40. The lowest BCUT2D eigenvalue weighted by molar-refractivity contribution is -0.141. The Labute approximate surface area is 150 Å².